The monoisotopic (exact) mass is 566 g/mol. The highest BCUT2D eigenvalue weighted by Crippen LogP contribution is 2.40. The standard InChI is InChI=1S/C30H38F4N2O4/c1-4-39-25-9-10-26(31)27(16-25)35-12-11-28(20(17-35)13-19(2)3)40-24-7-5-22(6-8-24)36-18-21(30(32,33)34)14-23(36)15-29(37)38/h5-10,16,19-21,23,28H,4,11-15,17-18H2,1-3H3,(H,37,38)/t20-,21-,23-,28-/m1/s1. The van der Waals surface area contributed by atoms with Gasteiger partial charge in [-0.05, 0) is 62.1 Å². The quantitative estimate of drug-likeness (QED) is 0.320. The Labute approximate surface area is 232 Å². The number of benzene rings is 2. The van der Waals surface area contributed by atoms with E-state index in [0.717, 1.165) is 6.42 Å². The lowest BCUT2D eigenvalue weighted by atomic mass is 9.86. The first-order valence-electron chi connectivity index (χ1n) is 13.9. The summed E-state index contributed by atoms with van der Waals surface area (Å²) in [7, 11) is 0. The Morgan fingerprint density at radius 3 is 2.42 bits per heavy atom. The van der Waals surface area contributed by atoms with Crippen molar-refractivity contribution >= 4 is 17.3 Å². The van der Waals surface area contributed by atoms with Gasteiger partial charge in [0.1, 0.15) is 23.4 Å². The molecular weight excluding hydrogens is 528 g/mol. The van der Waals surface area contributed by atoms with Crippen LogP contribution in [0.3, 0.4) is 0 Å². The molecule has 40 heavy (non-hydrogen) atoms. The minimum atomic E-state index is -4.37. The molecule has 4 rings (SSSR count). The van der Waals surface area contributed by atoms with Crippen LogP contribution in [0.5, 0.6) is 11.5 Å². The third kappa shape index (κ3) is 7.31. The Bertz CT molecular complexity index is 1140. The van der Waals surface area contributed by atoms with E-state index in [1.54, 1.807) is 41.3 Å². The summed E-state index contributed by atoms with van der Waals surface area (Å²) in [5.41, 5.74) is 1.06. The number of hydrogen-bond acceptors (Lipinski definition) is 5. The molecule has 2 aromatic carbocycles. The molecule has 0 aromatic heterocycles. The van der Waals surface area contributed by atoms with Crippen LogP contribution in [0.15, 0.2) is 42.5 Å². The highest BCUT2D eigenvalue weighted by Gasteiger charge is 2.48. The molecule has 2 heterocycles. The van der Waals surface area contributed by atoms with Gasteiger partial charge in [0.05, 0.1) is 24.6 Å². The predicted octanol–water partition coefficient (Wildman–Crippen LogP) is 6.78. The number of piperidine rings is 1. The summed E-state index contributed by atoms with van der Waals surface area (Å²) >= 11 is 0. The maximum Gasteiger partial charge on any atom is 0.393 e. The summed E-state index contributed by atoms with van der Waals surface area (Å²) in [5.74, 6) is -1.21. The van der Waals surface area contributed by atoms with E-state index in [2.05, 4.69) is 13.8 Å². The normalized spacial score (nSPS) is 23.5. The molecule has 2 aliphatic heterocycles. The zero-order valence-electron chi connectivity index (χ0n) is 23.2. The summed E-state index contributed by atoms with van der Waals surface area (Å²) in [5, 5.41) is 9.23. The Morgan fingerprint density at radius 2 is 1.80 bits per heavy atom. The summed E-state index contributed by atoms with van der Waals surface area (Å²) in [6.07, 6.45) is -3.51. The third-order valence-electron chi connectivity index (χ3n) is 7.75. The first-order valence-corrected chi connectivity index (χ1v) is 13.9. The molecule has 0 aliphatic carbocycles. The number of halogens is 4. The van der Waals surface area contributed by atoms with Gasteiger partial charge in [-0.1, -0.05) is 13.8 Å². The molecule has 0 unspecified atom stereocenters. The molecule has 0 spiro atoms. The summed E-state index contributed by atoms with van der Waals surface area (Å²) in [4.78, 5) is 14.9. The fourth-order valence-corrected chi connectivity index (χ4v) is 5.96. The molecule has 2 fully saturated rings. The number of hydrogen-bond donors (Lipinski definition) is 1. The molecule has 0 bridgehead atoms. The number of nitrogens with zero attached hydrogens (tertiary/aromatic N) is 2. The van der Waals surface area contributed by atoms with E-state index in [1.807, 2.05) is 11.8 Å². The van der Waals surface area contributed by atoms with Crippen molar-refractivity contribution in [2.24, 2.45) is 17.8 Å². The smallest absolute Gasteiger partial charge is 0.393 e. The van der Waals surface area contributed by atoms with Crippen LogP contribution in [0.1, 0.15) is 46.5 Å². The van der Waals surface area contributed by atoms with E-state index in [0.29, 0.717) is 54.9 Å². The average Bonchev–Trinajstić information content (AvgIpc) is 3.30. The average molecular weight is 567 g/mol. The Hall–Kier alpha value is -3.17. The lowest BCUT2D eigenvalue weighted by Gasteiger charge is -2.40. The fraction of sp³-hybridized carbons (Fsp3) is 0.567. The zero-order chi connectivity index (χ0) is 29.0. The first kappa shape index (κ1) is 29.8. The largest absolute Gasteiger partial charge is 0.494 e. The van der Waals surface area contributed by atoms with Crippen LogP contribution in [-0.2, 0) is 4.79 Å². The molecule has 220 valence electrons. The minimum absolute atomic E-state index is 0.108. The molecule has 6 nitrogen and oxygen atoms in total. The first-order chi connectivity index (χ1) is 18.9. The molecule has 2 aliphatic rings. The third-order valence-corrected chi connectivity index (χ3v) is 7.75. The molecule has 1 N–H and O–H groups in total. The van der Waals surface area contributed by atoms with Gasteiger partial charge in [-0.15, -0.1) is 0 Å². The van der Waals surface area contributed by atoms with Gasteiger partial charge in [-0.2, -0.15) is 13.2 Å². The van der Waals surface area contributed by atoms with Gasteiger partial charge in [0, 0.05) is 49.8 Å². The van der Waals surface area contributed by atoms with Crippen molar-refractivity contribution in [3.63, 3.8) is 0 Å². The Kier molecular flexibility index (Phi) is 9.36. The summed E-state index contributed by atoms with van der Waals surface area (Å²) < 4.78 is 66.9. The van der Waals surface area contributed by atoms with Gasteiger partial charge in [-0.3, -0.25) is 4.79 Å². The lowest BCUT2D eigenvalue weighted by Crippen LogP contribution is -2.46. The molecule has 2 saturated heterocycles. The van der Waals surface area contributed by atoms with Crippen LogP contribution in [0.4, 0.5) is 28.9 Å². The van der Waals surface area contributed by atoms with E-state index in [4.69, 9.17) is 9.47 Å². The topological polar surface area (TPSA) is 62.2 Å². The number of anilines is 2. The second-order valence-electron chi connectivity index (χ2n) is 11.2. The summed E-state index contributed by atoms with van der Waals surface area (Å²) in [6, 6.07) is 10.9. The van der Waals surface area contributed by atoms with Crippen molar-refractivity contribution < 1.29 is 36.9 Å². The Balaban J connectivity index is 1.46. The molecule has 2 aromatic rings. The molecule has 4 atom stereocenters. The van der Waals surface area contributed by atoms with Gasteiger partial charge in [0.15, 0.2) is 0 Å². The number of ether oxygens (including phenoxy) is 2. The van der Waals surface area contributed by atoms with Gasteiger partial charge < -0.3 is 24.4 Å². The SMILES string of the molecule is CCOc1ccc(F)c(N2CC[C@@H](Oc3ccc(N4C[C@H](C(F)(F)F)C[C@@H]4CC(=O)O)cc3)[C@H](CC(C)C)C2)c1. The highest BCUT2D eigenvalue weighted by molar-refractivity contribution is 5.69. The van der Waals surface area contributed by atoms with Crippen molar-refractivity contribution in [3.05, 3.63) is 48.3 Å². The lowest BCUT2D eigenvalue weighted by molar-refractivity contribution is -0.169. The van der Waals surface area contributed by atoms with Gasteiger partial charge in [0.2, 0.25) is 0 Å². The van der Waals surface area contributed by atoms with Crippen molar-refractivity contribution in [2.45, 2.75) is 64.8 Å². The predicted molar refractivity (Wildman–Crippen MR) is 146 cm³/mol. The molecular formula is C30H38F4N2O4. The fourth-order valence-electron chi connectivity index (χ4n) is 5.96. The van der Waals surface area contributed by atoms with Gasteiger partial charge in [0.25, 0.3) is 0 Å². The van der Waals surface area contributed by atoms with E-state index < -0.39 is 24.1 Å². The van der Waals surface area contributed by atoms with Gasteiger partial charge >= 0.3 is 12.1 Å². The number of alkyl halides is 3. The van der Waals surface area contributed by atoms with Crippen molar-refractivity contribution in [1.82, 2.24) is 0 Å². The maximum atomic E-state index is 14.8. The van der Waals surface area contributed by atoms with Crippen LogP contribution in [-0.4, -0.2) is 55.6 Å². The van der Waals surface area contributed by atoms with Crippen molar-refractivity contribution in [1.29, 1.82) is 0 Å². The van der Waals surface area contributed by atoms with Crippen molar-refractivity contribution in [3.8, 4) is 11.5 Å². The molecule has 0 radical (unpaired) electrons. The highest BCUT2D eigenvalue weighted by atomic mass is 19.4. The second kappa shape index (κ2) is 12.6. The second-order valence-corrected chi connectivity index (χ2v) is 11.2. The van der Waals surface area contributed by atoms with Crippen LogP contribution >= 0.6 is 0 Å². The molecule has 0 amide bonds. The van der Waals surface area contributed by atoms with Crippen LogP contribution in [0.2, 0.25) is 0 Å². The van der Waals surface area contributed by atoms with E-state index in [-0.39, 0.29) is 37.2 Å². The summed E-state index contributed by atoms with van der Waals surface area (Å²) in [6.45, 7) is 7.62. The maximum absolute atomic E-state index is 14.8. The van der Waals surface area contributed by atoms with Crippen LogP contribution in [0, 0.1) is 23.6 Å². The van der Waals surface area contributed by atoms with E-state index in [9.17, 15) is 27.5 Å². The minimum Gasteiger partial charge on any atom is -0.494 e. The van der Waals surface area contributed by atoms with Gasteiger partial charge in [-0.25, -0.2) is 4.39 Å². The van der Waals surface area contributed by atoms with E-state index >= 15 is 0 Å². The number of rotatable bonds is 10. The van der Waals surface area contributed by atoms with Crippen LogP contribution in [0.25, 0.3) is 0 Å². The zero-order valence-corrected chi connectivity index (χ0v) is 23.2. The number of carboxylic acid groups (broad SMARTS) is 1. The molecule has 0 saturated carbocycles. The number of aliphatic carboxylic acids is 1. The molecule has 10 heteroatoms. The number of carbonyl (C=O) groups is 1. The van der Waals surface area contributed by atoms with Crippen LogP contribution < -0.4 is 19.3 Å². The number of carboxylic acids is 1. The Morgan fingerprint density at radius 1 is 1.10 bits per heavy atom. The van der Waals surface area contributed by atoms with Crippen molar-refractivity contribution in [2.75, 3.05) is 36.0 Å². The van der Waals surface area contributed by atoms with E-state index in [1.165, 1.54) is 6.07 Å².